The summed E-state index contributed by atoms with van der Waals surface area (Å²) < 4.78 is 28.5. The largest absolute Gasteiger partial charge is 0.318 e. The third-order valence-electron chi connectivity index (χ3n) is 4.88. The molecule has 3 rings (SSSR count). The van der Waals surface area contributed by atoms with Crippen LogP contribution in [0.5, 0.6) is 0 Å². The Morgan fingerprint density at radius 3 is 2.48 bits per heavy atom. The molecule has 0 aliphatic carbocycles. The minimum absolute atomic E-state index is 0.0635. The molecule has 8 heteroatoms. The summed E-state index contributed by atoms with van der Waals surface area (Å²) in [6.07, 6.45) is 7.31. The summed E-state index contributed by atoms with van der Waals surface area (Å²) in [6, 6.07) is 10.2. The highest BCUT2D eigenvalue weighted by molar-refractivity contribution is 7.91. The molecule has 0 spiro atoms. The maximum atomic E-state index is 12.4. The Balaban J connectivity index is 1.72. The van der Waals surface area contributed by atoms with Gasteiger partial charge >= 0.3 is 0 Å². The van der Waals surface area contributed by atoms with Gasteiger partial charge in [0.25, 0.3) is 0 Å². The molecule has 0 amide bonds. The number of rotatable bonds is 10. The van der Waals surface area contributed by atoms with Gasteiger partial charge in [0.1, 0.15) is 0 Å². The number of sulfone groups is 1. The Bertz CT molecular complexity index is 1010. The van der Waals surface area contributed by atoms with Crippen molar-refractivity contribution in [3.8, 4) is 5.69 Å². The molecule has 0 radical (unpaired) electrons. The first-order valence-corrected chi connectivity index (χ1v) is 11.6. The summed E-state index contributed by atoms with van der Waals surface area (Å²) in [5.74, 6) is 0.0635. The molecular formula is C21H29N5O2S. The van der Waals surface area contributed by atoms with Crippen LogP contribution in [0.4, 0.5) is 0 Å². The highest BCUT2D eigenvalue weighted by Gasteiger charge is 2.21. The van der Waals surface area contributed by atoms with E-state index in [9.17, 15) is 8.42 Å². The molecule has 1 aromatic carbocycles. The third kappa shape index (κ3) is 5.13. The van der Waals surface area contributed by atoms with Gasteiger partial charge < -0.3 is 4.57 Å². The molecule has 0 N–H and O–H groups in total. The molecule has 0 atom stereocenters. The second kappa shape index (κ2) is 9.37. The maximum Gasteiger partial charge on any atom is 0.227 e. The van der Waals surface area contributed by atoms with Crippen LogP contribution in [0.3, 0.4) is 0 Å². The topological polar surface area (TPSA) is 73.0 Å². The number of nitrogens with zero attached hydrogens (tertiary/aromatic N) is 5. The van der Waals surface area contributed by atoms with Crippen LogP contribution < -0.4 is 0 Å². The summed E-state index contributed by atoms with van der Waals surface area (Å²) in [5, 5.41) is 4.44. The fraction of sp³-hybridized carbons (Fsp3) is 0.429. The van der Waals surface area contributed by atoms with Gasteiger partial charge in [0.15, 0.2) is 0 Å². The third-order valence-corrected chi connectivity index (χ3v) is 6.53. The highest BCUT2D eigenvalue weighted by atomic mass is 32.2. The summed E-state index contributed by atoms with van der Waals surface area (Å²) in [7, 11) is -1.30. The summed E-state index contributed by atoms with van der Waals surface area (Å²) in [6.45, 7) is 5.83. The Kier molecular flexibility index (Phi) is 6.87. The molecule has 7 nitrogen and oxygen atoms in total. The Morgan fingerprint density at radius 1 is 1.10 bits per heavy atom. The van der Waals surface area contributed by atoms with Crippen LogP contribution in [0.2, 0.25) is 0 Å². The van der Waals surface area contributed by atoms with Crippen molar-refractivity contribution in [2.75, 3.05) is 12.8 Å². The number of imidazole rings is 1. The molecule has 0 saturated carbocycles. The Hall–Kier alpha value is -2.45. The van der Waals surface area contributed by atoms with Crippen molar-refractivity contribution < 1.29 is 8.42 Å². The van der Waals surface area contributed by atoms with Crippen LogP contribution in [-0.2, 0) is 29.5 Å². The quantitative estimate of drug-likeness (QED) is 0.508. The lowest BCUT2D eigenvalue weighted by atomic mass is 10.2. The van der Waals surface area contributed by atoms with E-state index in [1.807, 2.05) is 40.7 Å². The molecule has 0 aliphatic heterocycles. The van der Waals surface area contributed by atoms with E-state index in [-0.39, 0.29) is 10.9 Å². The molecule has 0 aliphatic rings. The lowest BCUT2D eigenvalue weighted by molar-refractivity contribution is 0.307. The second-order valence-electron chi connectivity index (χ2n) is 7.23. The predicted molar refractivity (Wildman–Crippen MR) is 114 cm³/mol. The van der Waals surface area contributed by atoms with Crippen LogP contribution in [0, 0.1) is 0 Å². The SMILES string of the molecule is CCCCn1c(CN(C)Cc2ccc(-n3cccn3)cc2)cnc1S(=O)(=O)CC. The first-order chi connectivity index (χ1) is 13.9. The summed E-state index contributed by atoms with van der Waals surface area (Å²) in [5.41, 5.74) is 3.14. The molecule has 3 aromatic rings. The molecule has 29 heavy (non-hydrogen) atoms. The van der Waals surface area contributed by atoms with E-state index in [0.29, 0.717) is 13.1 Å². The van der Waals surface area contributed by atoms with Gasteiger partial charge in [-0.1, -0.05) is 32.4 Å². The van der Waals surface area contributed by atoms with Crippen LogP contribution >= 0.6 is 0 Å². The first kappa shape index (κ1) is 21.3. The molecule has 0 unspecified atom stereocenters. The zero-order valence-electron chi connectivity index (χ0n) is 17.3. The summed E-state index contributed by atoms with van der Waals surface area (Å²) >= 11 is 0. The molecule has 0 fully saturated rings. The molecular weight excluding hydrogens is 386 g/mol. The standard InChI is InChI=1S/C21H29N5O2S/c1-4-6-13-25-20(15-22-21(25)29(27,28)5-2)17-24(3)16-18-8-10-19(11-9-18)26-14-7-12-23-26/h7-12,14-15H,4-6,13,16-17H2,1-3H3. The van der Waals surface area contributed by atoms with E-state index >= 15 is 0 Å². The zero-order valence-corrected chi connectivity index (χ0v) is 18.1. The average molecular weight is 416 g/mol. The highest BCUT2D eigenvalue weighted by Crippen LogP contribution is 2.17. The summed E-state index contributed by atoms with van der Waals surface area (Å²) in [4.78, 5) is 6.42. The van der Waals surface area contributed by atoms with Crippen molar-refractivity contribution in [1.82, 2.24) is 24.2 Å². The smallest absolute Gasteiger partial charge is 0.227 e. The van der Waals surface area contributed by atoms with Crippen molar-refractivity contribution in [3.05, 3.63) is 60.2 Å². The molecule has 2 aromatic heterocycles. The van der Waals surface area contributed by atoms with Gasteiger partial charge in [0.2, 0.25) is 15.0 Å². The minimum atomic E-state index is -3.33. The van der Waals surface area contributed by atoms with Crippen molar-refractivity contribution >= 4 is 9.84 Å². The van der Waals surface area contributed by atoms with Crippen LogP contribution in [0.15, 0.2) is 54.1 Å². The van der Waals surface area contributed by atoms with E-state index in [1.54, 1.807) is 19.3 Å². The lowest BCUT2D eigenvalue weighted by Crippen LogP contribution is -2.21. The molecule has 0 bridgehead atoms. The molecule has 0 saturated heterocycles. The van der Waals surface area contributed by atoms with E-state index < -0.39 is 9.84 Å². The lowest BCUT2D eigenvalue weighted by Gasteiger charge is -2.19. The zero-order chi connectivity index (χ0) is 20.9. The number of aromatic nitrogens is 4. The van der Waals surface area contributed by atoms with Gasteiger partial charge in [0, 0.05) is 32.0 Å². The van der Waals surface area contributed by atoms with Gasteiger partial charge in [-0.25, -0.2) is 18.1 Å². The fourth-order valence-electron chi connectivity index (χ4n) is 3.27. The van der Waals surface area contributed by atoms with Crippen molar-refractivity contribution in [2.45, 2.75) is 51.5 Å². The van der Waals surface area contributed by atoms with E-state index in [2.05, 4.69) is 34.0 Å². The normalized spacial score (nSPS) is 12.0. The average Bonchev–Trinajstić information content (AvgIpc) is 3.37. The minimum Gasteiger partial charge on any atom is -0.318 e. The number of benzene rings is 1. The van der Waals surface area contributed by atoms with E-state index in [4.69, 9.17) is 0 Å². The van der Waals surface area contributed by atoms with Gasteiger partial charge in [-0.05, 0) is 37.2 Å². The van der Waals surface area contributed by atoms with E-state index in [0.717, 1.165) is 30.8 Å². The first-order valence-electron chi connectivity index (χ1n) is 9.99. The van der Waals surface area contributed by atoms with E-state index in [1.165, 1.54) is 5.56 Å². The maximum absolute atomic E-state index is 12.4. The molecule has 156 valence electrons. The van der Waals surface area contributed by atoms with Crippen LogP contribution in [0.25, 0.3) is 5.69 Å². The Morgan fingerprint density at radius 2 is 1.86 bits per heavy atom. The van der Waals surface area contributed by atoms with Crippen LogP contribution in [-0.4, -0.2) is 45.4 Å². The van der Waals surface area contributed by atoms with Gasteiger partial charge in [-0.3, -0.25) is 4.90 Å². The van der Waals surface area contributed by atoms with Gasteiger partial charge in [-0.2, -0.15) is 5.10 Å². The molecule has 2 heterocycles. The van der Waals surface area contributed by atoms with Crippen molar-refractivity contribution in [2.24, 2.45) is 0 Å². The van der Waals surface area contributed by atoms with Crippen LogP contribution in [0.1, 0.15) is 37.9 Å². The monoisotopic (exact) mass is 415 g/mol. The van der Waals surface area contributed by atoms with Gasteiger partial charge in [-0.15, -0.1) is 0 Å². The second-order valence-corrected chi connectivity index (χ2v) is 9.40. The number of hydrogen-bond acceptors (Lipinski definition) is 5. The number of unbranched alkanes of at least 4 members (excludes halogenated alkanes) is 1. The Labute approximate surface area is 172 Å². The van der Waals surface area contributed by atoms with Crippen molar-refractivity contribution in [1.29, 1.82) is 0 Å². The van der Waals surface area contributed by atoms with Gasteiger partial charge in [0.05, 0.1) is 23.3 Å². The number of hydrogen-bond donors (Lipinski definition) is 0. The predicted octanol–water partition coefficient (Wildman–Crippen LogP) is 3.29. The van der Waals surface area contributed by atoms with Crippen molar-refractivity contribution in [3.63, 3.8) is 0 Å². The fourth-order valence-corrected chi connectivity index (χ4v) is 4.29.